The molecule has 1 aliphatic carbocycles. The van der Waals surface area contributed by atoms with Gasteiger partial charge < -0.3 is 0 Å². The van der Waals surface area contributed by atoms with Gasteiger partial charge in [-0.3, -0.25) is 9.90 Å². The molecular formula is C8H13NO. The second-order valence-corrected chi connectivity index (χ2v) is 3.09. The molecule has 0 aromatic heterocycles. The van der Waals surface area contributed by atoms with Gasteiger partial charge in [0.05, 0.1) is 0 Å². The second kappa shape index (κ2) is 1.99. The molecule has 1 saturated carbocycles. The third kappa shape index (κ3) is 0.686. The van der Waals surface area contributed by atoms with Crippen molar-refractivity contribution in [1.82, 2.24) is 5.06 Å². The molecule has 1 heterocycles. The molecule has 2 heteroatoms. The van der Waals surface area contributed by atoms with Gasteiger partial charge in [-0.15, -0.1) is 0 Å². The number of hydrogen-bond donors (Lipinski definition) is 0. The highest BCUT2D eigenvalue weighted by Gasteiger charge is 2.31. The number of rotatable bonds is 0. The van der Waals surface area contributed by atoms with Crippen molar-refractivity contribution in [2.45, 2.75) is 32.3 Å². The van der Waals surface area contributed by atoms with E-state index in [9.17, 15) is 0 Å². The van der Waals surface area contributed by atoms with E-state index in [0.717, 1.165) is 0 Å². The maximum Gasteiger partial charge on any atom is 0.109 e. The third-order valence-electron chi connectivity index (χ3n) is 2.52. The smallest absolute Gasteiger partial charge is 0.109 e. The molecule has 2 nitrogen and oxygen atoms in total. The first-order valence-electron chi connectivity index (χ1n) is 3.89. The molecule has 1 aliphatic heterocycles. The summed E-state index contributed by atoms with van der Waals surface area (Å²) < 4.78 is 0. The van der Waals surface area contributed by atoms with Crippen LogP contribution in [0.1, 0.15) is 26.2 Å². The summed E-state index contributed by atoms with van der Waals surface area (Å²) in [6.07, 6.45) is 4.22. The van der Waals surface area contributed by atoms with Crippen molar-refractivity contribution in [3.63, 3.8) is 0 Å². The van der Waals surface area contributed by atoms with Crippen molar-refractivity contribution in [2.75, 3.05) is 7.05 Å². The van der Waals surface area contributed by atoms with E-state index >= 15 is 0 Å². The van der Waals surface area contributed by atoms with Crippen LogP contribution in [0.25, 0.3) is 0 Å². The normalized spacial score (nSPS) is 31.8. The lowest BCUT2D eigenvalue weighted by Gasteiger charge is -2.13. The predicted molar refractivity (Wildman–Crippen MR) is 39.2 cm³/mol. The molecule has 0 bridgehead atoms. The number of fused-ring (bicyclic) bond motifs is 1. The van der Waals surface area contributed by atoms with E-state index in [1.54, 1.807) is 0 Å². The fraction of sp³-hybridized carbons (Fsp3) is 0.750. The number of hydroxylamine groups is 2. The monoisotopic (exact) mass is 139 g/mol. The highest BCUT2D eigenvalue weighted by Crippen LogP contribution is 2.36. The van der Waals surface area contributed by atoms with E-state index in [1.165, 1.54) is 30.5 Å². The molecule has 0 aromatic carbocycles. The van der Waals surface area contributed by atoms with Gasteiger partial charge in [0.2, 0.25) is 0 Å². The Balaban J connectivity index is 2.29. The van der Waals surface area contributed by atoms with Crippen molar-refractivity contribution in [3.05, 3.63) is 11.3 Å². The zero-order valence-electron chi connectivity index (χ0n) is 6.55. The van der Waals surface area contributed by atoms with E-state index < -0.39 is 0 Å². The average Bonchev–Trinajstić information content (AvgIpc) is 2.41. The molecule has 1 unspecified atom stereocenters. The van der Waals surface area contributed by atoms with Crippen LogP contribution < -0.4 is 0 Å². The molecule has 2 aliphatic rings. The minimum absolute atomic E-state index is 0.435. The lowest BCUT2D eigenvalue weighted by Crippen LogP contribution is -2.14. The zero-order chi connectivity index (χ0) is 7.14. The van der Waals surface area contributed by atoms with Crippen LogP contribution >= 0.6 is 0 Å². The van der Waals surface area contributed by atoms with Crippen molar-refractivity contribution >= 4 is 0 Å². The van der Waals surface area contributed by atoms with Crippen LogP contribution in [0.4, 0.5) is 0 Å². The summed E-state index contributed by atoms with van der Waals surface area (Å²) in [6.45, 7) is 2.14. The Morgan fingerprint density at radius 2 is 2.40 bits per heavy atom. The maximum atomic E-state index is 5.56. The SMILES string of the molecule is CC1=C2CCCC2ON1C. The zero-order valence-corrected chi connectivity index (χ0v) is 6.55. The van der Waals surface area contributed by atoms with E-state index in [4.69, 9.17) is 4.84 Å². The molecule has 1 fully saturated rings. The topological polar surface area (TPSA) is 12.5 Å². The highest BCUT2D eigenvalue weighted by molar-refractivity contribution is 5.21. The number of hydrogen-bond acceptors (Lipinski definition) is 2. The fourth-order valence-corrected chi connectivity index (χ4v) is 1.82. The highest BCUT2D eigenvalue weighted by atomic mass is 16.7. The molecular weight excluding hydrogens is 126 g/mol. The van der Waals surface area contributed by atoms with Crippen molar-refractivity contribution < 1.29 is 4.84 Å². The Kier molecular flexibility index (Phi) is 1.24. The van der Waals surface area contributed by atoms with Gasteiger partial charge in [0, 0.05) is 12.7 Å². The predicted octanol–water partition coefficient (Wildman–Crippen LogP) is 1.69. The van der Waals surface area contributed by atoms with E-state index in [2.05, 4.69) is 6.92 Å². The molecule has 0 amide bonds. The molecule has 10 heavy (non-hydrogen) atoms. The van der Waals surface area contributed by atoms with Crippen LogP contribution in [-0.4, -0.2) is 18.2 Å². The van der Waals surface area contributed by atoms with Crippen molar-refractivity contribution in [1.29, 1.82) is 0 Å². The Bertz CT molecular complexity index is 186. The largest absolute Gasteiger partial charge is 0.266 e. The Morgan fingerprint density at radius 3 is 3.10 bits per heavy atom. The Hall–Kier alpha value is -0.500. The average molecular weight is 139 g/mol. The fourth-order valence-electron chi connectivity index (χ4n) is 1.82. The molecule has 56 valence electrons. The summed E-state index contributed by atoms with van der Waals surface area (Å²) in [5.41, 5.74) is 2.87. The van der Waals surface area contributed by atoms with Gasteiger partial charge >= 0.3 is 0 Å². The second-order valence-electron chi connectivity index (χ2n) is 3.09. The van der Waals surface area contributed by atoms with Crippen molar-refractivity contribution in [2.24, 2.45) is 0 Å². The number of nitrogens with zero attached hydrogens (tertiary/aromatic N) is 1. The summed E-state index contributed by atoms with van der Waals surface area (Å²) >= 11 is 0. The van der Waals surface area contributed by atoms with Crippen LogP contribution in [0.5, 0.6) is 0 Å². The maximum absolute atomic E-state index is 5.56. The summed E-state index contributed by atoms with van der Waals surface area (Å²) in [6, 6.07) is 0. The minimum Gasteiger partial charge on any atom is -0.266 e. The van der Waals surface area contributed by atoms with Crippen LogP contribution in [-0.2, 0) is 4.84 Å². The van der Waals surface area contributed by atoms with Gasteiger partial charge in [0.15, 0.2) is 0 Å². The van der Waals surface area contributed by atoms with Gasteiger partial charge in [-0.1, -0.05) is 0 Å². The molecule has 1 atom stereocenters. The van der Waals surface area contributed by atoms with E-state index in [0.29, 0.717) is 6.10 Å². The Labute approximate surface area is 61.4 Å². The quantitative estimate of drug-likeness (QED) is 0.506. The third-order valence-corrected chi connectivity index (χ3v) is 2.52. The van der Waals surface area contributed by atoms with Gasteiger partial charge in [-0.2, -0.15) is 0 Å². The van der Waals surface area contributed by atoms with Gasteiger partial charge in [0.25, 0.3) is 0 Å². The standard InChI is InChI=1S/C8H13NO/c1-6-7-4-3-5-8(7)10-9(6)2/h8H,3-5H2,1-2H3. The minimum atomic E-state index is 0.435. The summed E-state index contributed by atoms with van der Waals surface area (Å²) in [4.78, 5) is 5.56. The summed E-state index contributed by atoms with van der Waals surface area (Å²) in [5, 5.41) is 1.90. The van der Waals surface area contributed by atoms with Gasteiger partial charge in [-0.25, -0.2) is 0 Å². The summed E-state index contributed by atoms with van der Waals surface area (Å²) in [7, 11) is 1.99. The van der Waals surface area contributed by atoms with Gasteiger partial charge in [0.1, 0.15) is 6.10 Å². The molecule has 0 N–H and O–H groups in total. The van der Waals surface area contributed by atoms with E-state index in [-0.39, 0.29) is 0 Å². The summed E-state index contributed by atoms with van der Waals surface area (Å²) in [5.74, 6) is 0. The number of allylic oxidation sites excluding steroid dienone is 1. The first-order valence-corrected chi connectivity index (χ1v) is 3.89. The molecule has 0 spiro atoms. The first kappa shape index (κ1) is 6.23. The van der Waals surface area contributed by atoms with E-state index in [1.807, 2.05) is 12.1 Å². The lowest BCUT2D eigenvalue weighted by atomic mass is 10.2. The van der Waals surface area contributed by atoms with Crippen LogP contribution in [0.15, 0.2) is 11.3 Å². The molecule has 0 radical (unpaired) electrons. The lowest BCUT2D eigenvalue weighted by molar-refractivity contribution is -0.118. The van der Waals surface area contributed by atoms with Crippen molar-refractivity contribution in [3.8, 4) is 0 Å². The van der Waals surface area contributed by atoms with Crippen LogP contribution in [0.2, 0.25) is 0 Å². The van der Waals surface area contributed by atoms with Crippen LogP contribution in [0.3, 0.4) is 0 Å². The molecule has 0 saturated heterocycles. The Morgan fingerprint density at radius 1 is 1.60 bits per heavy atom. The molecule has 0 aromatic rings. The molecule has 2 rings (SSSR count). The van der Waals surface area contributed by atoms with Crippen LogP contribution in [0, 0.1) is 0 Å². The van der Waals surface area contributed by atoms with Gasteiger partial charge in [-0.05, 0) is 31.8 Å². The first-order chi connectivity index (χ1) is 4.79.